The standard InChI is InChI=1S/C20H17N5OS/c1-13(25(2)3)14-6-8-15(9-7-14)16-11-21-12-17(22-16)19-23-24-20(26-19)18-5-4-10-27-18/h4-12H,1H2,2-3H3. The molecule has 3 heterocycles. The Hall–Kier alpha value is -3.32. The van der Waals surface area contributed by atoms with Crippen LogP contribution in [0.5, 0.6) is 0 Å². The second-order valence-corrected chi connectivity index (χ2v) is 7.05. The molecule has 0 fully saturated rings. The van der Waals surface area contributed by atoms with Crippen LogP contribution >= 0.6 is 11.3 Å². The SMILES string of the molecule is C=C(c1ccc(-c2cncc(-c3nnc(-c4cccs4)o3)n2)cc1)N(C)C. The van der Waals surface area contributed by atoms with Crippen molar-refractivity contribution in [1.82, 2.24) is 25.1 Å². The molecule has 0 aliphatic carbocycles. The molecule has 1 aromatic carbocycles. The number of nitrogens with zero attached hydrogens (tertiary/aromatic N) is 5. The molecule has 0 spiro atoms. The highest BCUT2D eigenvalue weighted by molar-refractivity contribution is 7.13. The second-order valence-electron chi connectivity index (χ2n) is 6.10. The zero-order valence-corrected chi connectivity index (χ0v) is 15.8. The van der Waals surface area contributed by atoms with Gasteiger partial charge in [0.15, 0.2) is 0 Å². The molecule has 0 aliphatic rings. The average Bonchev–Trinajstić information content (AvgIpc) is 3.39. The van der Waals surface area contributed by atoms with Gasteiger partial charge in [0, 0.05) is 25.4 Å². The Labute approximate surface area is 160 Å². The van der Waals surface area contributed by atoms with Gasteiger partial charge in [-0.2, -0.15) is 0 Å². The predicted octanol–water partition coefficient (Wildman–Crippen LogP) is 4.45. The molecule has 0 atom stereocenters. The van der Waals surface area contributed by atoms with Gasteiger partial charge in [-0.25, -0.2) is 4.98 Å². The highest BCUT2D eigenvalue weighted by Crippen LogP contribution is 2.27. The average molecular weight is 375 g/mol. The smallest absolute Gasteiger partial charge is 0.268 e. The minimum atomic E-state index is 0.352. The first-order chi connectivity index (χ1) is 13.1. The molecule has 0 amide bonds. The van der Waals surface area contributed by atoms with Crippen molar-refractivity contribution < 1.29 is 4.42 Å². The number of hydrogen-bond donors (Lipinski definition) is 0. The van der Waals surface area contributed by atoms with E-state index in [9.17, 15) is 0 Å². The Bertz CT molecular complexity index is 1070. The van der Waals surface area contributed by atoms with Gasteiger partial charge in [0.2, 0.25) is 0 Å². The van der Waals surface area contributed by atoms with Crippen LogP contribution in [0.3, 0.4) is 0 Å². The van der Waals surface area contributed by atoms with E-state index in [1.165, 1.54) is 0 Å². The van der Waals surface area contributed by atoms with Crippen LogP contribution in [0.1, 0.15) is 5.56 Å². The first-order valence-electron chi connectivity index (χ1n) is 8.28. The van der Waals surface area contributed by atoms with Gasteiger partial charge in [-0.3, -0.25) is 4.98 Å². The molecule has 0 bridgehead atoms. The van der Waals surface area contributed by atoms with Crippen LogP contribution in [0, 0.1) is 0 Å². The molecule has 7 heteroatoms. The summed E-state index contributed by atoms with van der Waals surface area (Å²) in [6, 6.07) is 11.9. The molecule has 0 radical (unpaired) electrons. The summed E-state index contributed by atoms with van der Waals surface area (Å²) in [5.74, 6) is 0.837. The maximum absolute atomic E-state index is 5.75. The fourth-order valence-corrected chi connectivity index (χ4v) is 3.17. The Kier molecular flexibility index (Phi) is 4.52. The molecule has 4 rings (SSSR count). The van der Waals surface area contributed by atoms with Gasteiger partial charge in [-0.1, -0.05) is 36.9 Å². The Balaban J connectivity index is 1.62. The molecular weight excluding hydrogens is 358 g/mol. The summed E-state index contributed by atoms with van der Waals surface area (Å²) in [4.78, 5) is 11.8. The summed E-state index contributed by atoms with van der Waals surface area (Å²) >= 11 is 1.55. The van der Waals surface area contributed by atoms with E-state index < -0.39 is 0 Å². The summed E-state index contributed by atoms with van der Waals surface area (Å²) in [5.41, 5.74) is 4.26. The number of benzene rings is 1. The van der Waals surface area contributed by atoms with Crippen LogP contribution in [0.4, 0.5) is 0 Å². The number of hydrogen-bond acceptors (Lipinski definition) is 7. The van der Waals surface area contributed by atoms with Gasteiger partial charge < -0.3 is 9.32 Å². The van der Waals surface area contributed by atoms with Crippen molar-refractivity contribution in [3.05, 3.63) is 66.3 Å². The summed E-state index contributed by atoms with van der Waals surface area (Å²) in [6.45, 7) is 4.08. The van der Waals surface area contributed by atoms with Gasteiger partial charge in [0.25, 0.3) is 11.8 Å². The normalized spacial score (nSPS) is 10.7. The zero-order chi connectivity index (χ0) is 18.8. The summed E-state index contributed by atoms with van der Waals surface area (Å²) in [7, 11) is 3.94. The Morgan fingerprint density at radius 2 is 1.74 bits per heavy atom. The molecule has 0 unspecified atom stereocenters. The molecular formula is C20H17N5OS. The molecule has 0 N–H and O–H groups in total. The van der Waals surface area contributed by atoms with Crippen molar-refractivity contribution in [2.75, 3.05) is 14.1 Å². The van der Waals surface area contributed by atoms with Gasteiger partial charge in [0.05, 0.1) is 23.0 Å². The lowest BCUT2D eigenvalue weighted by molar-refractivity contribution is 0.583. The van der Waals surface area contributed by atoms with Crippen LogP contribution in [-0.2, 0) is 0 Å². The summed E-state index contributed by atoms with van der Waals surface area (Å²) < 4.78 is 5.75. The van der Waals surface area contributed by atoms with E-state index in [1.54, 1.807) is 23.7 Å². The highest BCUT2D eigenvalue weighted by Gasteiger charge is 2.13. The van der Waals surface area contributed by atoms with Gasteiger partial charge in [-0.05, 0) is 17.0 Å². The molecule has 0 aliphatic heterocycles. The van der Waals surface area contributed by atoms with E-state index in [4.69, 9.17) is 4.42 Å². The second kappa shape index (κ2) is 7.13. The van der Waals surface area contributed by atoms with Crippen LogP contribution < -0.4 is 0 Å². The van der Waals surface area contributed by atoms with E-state index in [2.05, 4.69) is 26.7 Å². The Morgan fingerprint density at radius 1 is 1.00 bits per heavy atom. The topological polar surface area (TPSA) is 67.9 Å². The third-order valence-corrected chi connectivity index (χ3v) is 4.92. The molecule has 0 saturated heterocycles. The monoisotopic (exact) mass is 375 g/mol. The number of rotatable bonds is 5. The Morgan fingerprint density at radius 3 is 2.44 bits per heavy atom. The molecule has 27 heavy (non-hydrogen) atoms. The van der Waals surface area contributed by atoms with Crippen LogP contribution in [0.2, 0.25) is 0 Å². The summed E-state index contributed by atoms with van der Waals surface area (Å²) in [6.07, 6.45) is 3.34. The van der Waals surface area contributed by atoms with Gasteiger partial charge in [-0.15, -0.1) is 21.5 Å². The van der Waals surface area contributed by atoms with Gasteiger partial charge >= 0.3 is 0 Å². The lowest BCUT2D eigenvalue weighted by Crippen LogP contribution is -2.08. The van der Waals surface area contributed by atoms with E-state index in [-0.39, 0.29) is 0 Å². The quantitative estimate of drug-likeness (QED) is 0.513. The first kappa shape index (κ1) is 17.1. The maximum Gasteiger partial charge on any atom is 0.268 e. The lowest BCUT2D eigenvalue weighted by Gasteiger charge is -2.15. The predicted molar refractivity (Wildman–Crippen MR) is 107 cm³/mol. The summed E-state index contributed by atoms with van der Waals surface area (Å²) in [5, 5.41) is 10.2. The number of thiophene rings is 1. The third-order valence-electron chi connectivity index (χ3n) is 4.06. The minimum Gasteiger partial charge on any atom is -0.414 e. The molecule has 6 nitrogen and oxygen atoms in total. The van der Waals surface area contributed by atoms with E-state index in [1.807, 2.05) is 60.8 Å². The van der Waals surface area contributed by atoms with Crippen molar-refractivity contribution >= 4 is 17.0 Å². The molecule has 3 aromatic heterocycles. The van der Waals surface area contributed by atoms with Crippen molar-refractivity contribution in [2.24, 2.45) is 0 Å². The molecule has 0 saturated carbocycles. The van der Waals surface area contributed by atoms with E-state index >= 15 is 0 Å². The zero-order valence-electron chi connectivity index (χ0n) is 15.0. The van der Waals surface area contributed by atoms with E-state index in [0.717, 1.165) is 27.4 Å². The fourth-order valence-electron chi connectivity index (χ4n) is 2.53. The largest absolute Gasteiger partial charge is 0.414 e. The van der Waals surface area contributed by atoms with Crippen LogP contribution in [0.15, 0.2) is 65.2 Å². The van der Waals surface area contributed by atoms with Crippen molar-refractivity contribution in [3.63, 3.8) is 0 Å². The molecule has 4 aromatic rings. The van der Waals surface area contributed by atoms with Crippen LogP contribution in [0.25, 0.3) is 39.3 Å². The number of aromatic nitrogens is 4. The van der Waals surface area contributed by atoms with Crippen LogP contribution in [-0.4, -0.2) is 39.2 Å². The third kappa shape index (κ3) is 3.50. The fraction of sp³-hybridized carbons (Fsp3) is 0.100. The van der Waals surface area contributed by atoms with E-state index in [0.29, 0.717) is 17.5 Å². The van der Waals surface area contributed by atoms with Crippen molar-refractivity contribution in [1.29, 1.82) is 0 Å². The van der Waals surface area contributed by atoms with Gasteiger partial charge in [0.1, 0.15) is 5.69 Å². The maximum atomic E-state index is 5.75. The first-order valence-corrected chi connectivity index (χ1v) is 9.16. The highest BCUT2D eigenvalue weighted by atomic mass is 32.1. The van der Waals surface area contributed by atoms with Crippen molar-refractivity contribution in [2.45, 2.75) is 0 Å². The lowest BCUT2D eigenvalue weighted by atomic mass is 10.1. The molecule has 134 valence electrons. The minimum absolute atomic E-state index is 0.352. The van der Waals surface area contributed by atoms with Crippen molar-refractivity contribution in [3.8, 4) is 33.6 Å².